The molecule has 15 heavy (non-hydrogen) atoms. The summed E-state index contributed by atoms with van der Waals surface area (Å²) in [4.78, 5) is 4.79. The highest BCUT2D eigenvalue weighted by molar-refractivity contribution is 5.87. The van der Waals surface area contributed by atoms with Gasteiger partial charge in [-0.15, -0.1) is 0 Å². The highest BCUT2D eigenvalue weighted by Crippen LogP contribution is 2.52. The zero-order valence-corrected chi connectivity index (χ0v) is 9.92. The van der Waals surface area contributed by atoms with Crippen molar-refractivity contribution in [2.75, 3.05) is 0 Å². The third kappa shape index (κ3) is 2.51. The number of hydrogen-bond donors (Lipinski definition) is 2. The average Bonchev–Trinajstić information content (AvgIpc) is 2.86. The van der Waals surface area contributed by atoms with Crippen molar-refractivity contribution in [1.29, 1.82) is 0 Å². The Kier molecular flexibility index (Phi) is 3.01. The number of hydrogen-bond acceptors (Lipinski definition) is 2. The molecule has 0 aromatic heterocycles. The van der Waals surface area contributed by atoms with Crippen molar-refractivity contribution in [2.45, 2.75) is 58.4 Å². The molecule has 0 aliphatic heterocycles. The Morgan fingerprint density at radius 3 is 2.33 bits per heavy atom. The molecule has 1 atom stereocenters. The van der Waals surface area contributed by atoms with E-state index < -0.39 is 0 Å². The van der Waals surface area contributed by atoms with Crippen molar-refractivity contribution < 1.29 is 0 Å². The predicted molar refractivity (Wildman–Crippen MR) is 63.5 cm³/mol. The van der Waals surface area contributed by atoms with Crippen LogP contribution in [0.3, 0.4) is 0 Å². The van der Waals surface area contributed by atoms with Crippen LogP contribution in [0.2, 0.25) is 0 Å². The van der Waals surface area contributed by atoms with Gasteiger partial charge in [-0.05, 0) is 24.7 Å². The third-order valence-electron chi connectivity index (χ3n) is 3.89. The van der Waals surface area contributed by atoms with Crippen LogP contribution < -0.4 is 11.3 Å². The summed E-state index contributed by atoms with van der Waals surface area (Å²) in [7, 11) is 0. The molecule has 0 aromatic carbocycles. The van der Waals surface area contributed by atoms with Crippen molar-refractivity contribution in [2.24, 2.45) is 22.2 Å². The number of nitrogens with two attached hydrogens (primary N) is 1. The van der Waals surface area contributed by atoms with Gasteiger partial charge in [0.05, 0.1) is 6.04 Å². The van der Waals surface area contributed by atoms with Crippen LogP contribution in [-0.2, 0) is 0 Å². The second kappa shape index (κ2) is 4.12. The Labute approximate surface area is 92.5 Å². The second-order valence-corrected chi connectivity index (χ2v) is 5.70. The maximum atomic E-state index is 5.57. The summed E-state index contributed by atoms with van der Waals surface area (Å²) in [5.74, 6) is 7.19. The van der Waals surface area contributed by atoms with E-state index in [4.69, 9.17) is 10.8 Å². The summed E-state index contributed by atoms with van der Waals surface area (Å²) in [6.07, 6.45) is 7.77. The third-order valence-corrected chi connectivity index (χ3v) is 3.89. The Balaban J connectivity index is 1.96. The van der Waals surface area contributed by atoms with Crippen molar-refractivity contribution in [3.63, 3.8) is 0 Å². The number of nitrogens with one attached hydrogen (secondary N) is 1. The van der Waals surface area contributed by atoms with Crippen LogP contribution in [-0.4, -0.2) is 11.9 Å². The zero-order chi connectivity index (χ0) is 10.9. The summed E-state index contributed by atoms with van der Waals surface area (Å²) in [6, 6.07) is 0.529. The molecule has 0 saturated heterocycles. The van der Waals surface area contributed by atoms with Crippen LogP contribution in [0.15, 0.2) is 4.99 Å². The lowest BCUT2D eigenvalue weighted by atomic mass is 9.96. The topological polar surface area (TPSA) is 50.4 Å². The van der Waals surface area contributed by atoms with Crippen molar-refractivity contribution >= 4 is 5.84 Å². The molecule has 86 valence electrons. The molecule has 0 radical (unpaired) electrons. The molecule has 2 aliphatic rings. The average molecular weight is 209 g/mol. The first-order chi connectivity index (χ1) is 7.13. The van der Waals surface area contributed by atoms with E-state index in [2.05, 4.69) is 19.3 Å². The molecule has 2 rings (SSSR count). The quantitative estimate of drug-likeness (QED) is 0.317. The maximum Gasteiger partial charge on any atom is 0.114 e. The van der Waals surface area contributed by atoms with Crippen molar-refractivity contribution in [3.05, 3.63) is 0 Å². The summed E-state index contributed by atoms with van der Waals surface area (Å²) in [6.45, 7) is 4.57. The number of amidine groups is 1. The molecule has 0 aromatic rings. The predicted octanol–water partition coefficient (Wildman–Crippen LogP) is 2.23. The minimum Gasteiger partial charge on any atom is -0.312 e. The lowest BCUT2D eigenvalue weighted by molar-refractivity contribution is 0.440. The van der Waals surface area contributed by atoms with E-state index >= 15 is 0 Å². The molecule has 3 nitrogen and oxygen atoms in total. The molecule has 0 heterocycles. The number of rotatable bonds is 2. The molecule has 3 N–H and O–H groups in total. The van der Waals surface area contributed by atoms with Gasteiger partial charge in [0.15, 0.2) is 0 Å². The standard InChI is InChI=1S/C12H23N3/c1-12(2)8-10(12)11(15-13)14-9-6-4-3-5-7-9/h9-10H,3-8,13H2,1-2H3,(H,14,15). The number of aliphatic imine (C=N–C) groups is 1. The van der Waals surface area contributed by atoms with Gasteiger partial charge in [0, 0.05) is 5.92 Å². The van der Waals surface area contributed by atoms with E-state index in [-0.39, 0.29) is 0 Å². The molecule has 2 fully saturated rings. The van der Waals surface area contributed by atoms with Gasteiger partial charge in [0.25, 0.3) is 0 Å². The Hall–Kier alpha value is -0.570. The van der Waals surface area contributed by atoms with Gasteiger partial charge in [-0.2, -0.15) is 0 Å². The SMILES string of the molecule is CC1(C)CC1C(=NC1CCCCC1)NN. The maximum absolute atomic E-state index is 5.57. The lowest BCUT2D eigenvalue weighted by Gasteiger charge is -2.19. The normalized spacial score (nSPS) is 31.4. The fraction of sp³-hybridized carbons (Fsp3) is 0.917. The molecule has 2 aliphatic carbocycles. The lowest BCUT2D eigenvalue weighted by Crippen LogP contribution is -2.34. The highest BCUT2D eigenvalue weighted by Gasteiger charge is 2.49. The summed E-state index contributed by atoms with van der Waals surface area (Å²) < 4.78 is 0. The number of nitrogens with zero attached hydrogens (tertiary/aromatic N) is 1. The molecular weight excluding hydrogens is 186 g/mol. The van der Waals surface area contributed by atoms with Crippen LogP contribution in [0.5, 0.6) is 0 Å². The van der Waals surface area contributed by atoms with Gasteiger partial charge in [-0.25, -0.2) is 5.84 Å². The van der Waals surface area contributed by atoms with Gasteiger partial charge >= 0.3 is 0 Å². The van der Waals surface area contributed by atoms with Crippen LogP contribution in [0.1, 0.15) is 52.4 Å². The fourth-order valence-corrected chi connectivity index (χ4v) is 2.57. The van der Waals surface area contributed by atoms with Gasteiger partial charge < -0.3 is 5.43 Å². The van der Waals surface area contributed by atoms with Gasteiger partial charge in [-0.1, -0.05) is 33.1 Å². The smallest absolute Gasteiger partial charge is 0.114 e. The highest BCUT2D eigenvalue weighted by atomic mass is 15.3. The van der Waals surface area contributed by atoms with Gasteiger partial charge in [-0.3, -0.25) is 4.99 Å². The van der Waals surface area contributed by atoms with E-state index in [1.54, 1.807) is 0 Å². The van der Waals surface area contributed by atoms with Crippen LogP contribution in [0.4, 0.5) is 0 Å². The molecule has 3 heteroatoms. The molecule has 0 spiro atoms. The van der Waals surface area contributed by atoms with Crippen LogP contribution >= 0.6 is 0 Å². The Morgan fingerprint density at radius 2 is 1.87 bits per heavy atom. The minimum atomic E-state index is 0.417. The van der Waals surface area contributed by atoms with E-state index in [0.29, 0.717) is 17.4 Å². The van der Waals surface area contributed by atoms with Crippen molar-refractivity contribution in [1.82, 2.24) is 5.43 Å². The molecule has 1 unspecified atom stereocenters. The van der Waals surface area contributed by atoms with E-state index in [9.17, 15) is 0 Å². The Morgan fingerprint density at radius 1 is 1.27 bits per heavy atom. The molecular formula is C12H23N3. The second-order valence-electron chi connectivity index (χ2n) is 5.70. The van der Waals surface area contributed by atoms with Crippen molar-refractivity contribution in [3.8, 4) is 0 Å². The minimum absolute atomic E-state index is 0.417. The van der Waals surface area contributed by atoms with Gasteiger partial charge in [0.2, 0.25) is 0 Å². The van der Waals surface area contributed by atoms with Gasteiger partial charge in [0.1, 0.15) is 5.84 Å². The van der Waals surface area contributed by atoms with Crippen LogP contribution in [0, 0.1) is 11.3 Å². The molecule has 2 saturated carbocycles. The summed E-state index contributed by atoms with van der Waals surface area (Å²) >= 11 is 0. The largest absolute Gasteiger partial charge is 0.312 e. The van der Waals surface area contributed by atoms with E-state index in [1.807, 2.05) is 0 Å². The van der Waals surface area contributed by atoms with Crippen LogP contribution in [0.25, 0.3) is 0 Å². The molecule has 0 bridgehead atoms. The first-order valence-corrected chi connectivity index (χ1v) is 6.18. The van der Waals surface area contributed by atoms with E-state index in [0.717, 1.165) is 5.84 Å². The first-order valence-electron chi connectivity index (χ1n) is 6.18. The fourth-order valence-electron chi connectivity index (χ4n) is 2.57. The first kappa shape index (κ1) is 10.9. The zero-order valence-electron chi connectivity index (χ0n) is 9.92. The summed E-state index contributed by atoms with van der Waals surface area (Å²) in [5, 5.41) is 0. The molecule has 0 amide bonds. The Bertz CT molecular complexity index is 252. The number of hydrazine groups is 1. The summed E-state index contributed by atoms with van der Waals surface area (Å²) in [5.41, 5.74) is 3.23. The van der Waals surface area contributed by atoms with E-state index in [1.165, 1.54) is 38.5 Å². The monoisotopic (exact) mass is 209 g/mol.